The largest absolute Gasteiger partial charge is 0.480 e. The SMILES string of the molecule is CC(C)[C@H](NC(=O)c1cc2cc(F)ccc2n1C)C(=O)O. The van der Waals surface area contributed by atoms with Crippen molar-refractivity contribution in [3.63, 3.8) is 0 Å². The zero-order valence-electron chi connectivity index (χ0n) is 12.1. The summed E-state index contributed by atoms with van der Waals surface area (Å²) in [7, 11) is 1.68. The third kappa shape index (κ3) is 2.89. The fourth-order valence-electron chi connectivity index (χ4n) is 2.27. The molecule has 0 unspecified atom stereocenters. The molecular weight excluding hydrogens is 275 g/mol. The van der Waals surface area contributed by atoms with Gasteiger partial charge in [-0.25, -0.2) is 9.18 Å². The first-order valence-electron chi connectivity index (χ1n) is 6.60. The lowest BCUT2D eigenvalue weighted by Gasteiger charge is -2.18. The molecule has 21 heavy (non-hydrogen) atoms. The zero-order chi connectivity index (χ0) is 15.7. The summed E-state index contributed by atoms with van der Waals surface area (Å²) in [5.41, 5.74) is 1.00. The number of aryl methyl sites for hydroxylation is 1. The first-order chi connectivity index (χ1) is 9.81. The Hall–Kier alpha value is -2.37. The number of aliphatic carboxylic acids is 1. The standard InChI is InChI=1S/C15H17FN2O3/c1-8(2)13(15(20)21)17-14(19)12-7-9-6-10(16)4-5-11(9)18(12)3/h4-8,13H,1-3H3,(H,17,19)(H,20,21)/t13-/m0/s1. The Morgan fingerprint density at radius 2 is 1.95 bits per heavy atom. The molecule has 0 spiro atoms. The van der Waals surface area contributed by atoms with E-state index < -0.39 is 17.9 Å². The van der Waals surface area contributed by atoms with Crippen LogP contribution in [0.3, 0.4) is 0 Å². The lowest BCUT2D eigenvalue weighted by atomic mass is 10.0. The number of carboxylic acids is 1. The van der Waals surface area contributed by atoms with Crippen LogP contribution in [0.15, 0.2) is 24.3 Å². The minimum absolute atomic E-state index is 0.237. The van der Waals surface area contributed by atoms with Gasteiger partial charge < -0.3 is 15.0 Å². The summed E-state index contributed by atoms with van der Waals surface area (Å²) in [5.74, 6) is -2.19. The summed E-state index contributed by atoms with van der Waals surface area (Å²) in [4.78, 5) is 23.4. The van der Waals surface area contributed by atoms with Crippen molar-refractivity contribution in [1.82, 2.24) is 9.88 Å². The van der Waals surface area contributed by atoms with Crippen molar-refractivity contribution in [2.75, 3.05) is 0 Å². The molecule has 0 aliphatic heterocycles. The third-order valence-electron chi connectivity index (χ3n) is 3.46. The average molecular weight is 292 g/mol. The van der Waals surface area contributed by atoms with Crippen molar-refractivity contribution < 1.29 is 19.1 Å². The molecule has 0 aliphatic rings. The summed E-state index contributed by atoms with van der Waals surface area (Å²) < 4.78 is 14.8. The number of carboxylic acid groups (broad SMARTS) is 1. The summed E-state index contributed by atoms with van der Waals surface area (Å²) in [6.07, 6.45) is 0. The highest BCUT2D eigenvalue weighted by Gasteiger charge is 2.25. The van der Waals surface area contributed by atoms with Gasteiger partial charge in [-0.1, -0.05) is 13.8 Å². The molecule has 0 bridgehead atoms. The molecule has 0 fully saturated rings. The summed E-state index contributed by atoms with van der Waals surface area (Å²) in [6, 6.07) is 4.82. The van der Waals surface area contributed by atoms with Gasteiger partial charge in [0.05, 0.1) is 0 Å². The quantitative estimate of drug-likeness (QED) is 0.907. The molecule has 2 aromatic rings. The van der Waals surface area contributed by atoms with Crippen LogP contribution in [0.4, 0.5) is 4.39 Å². The molecule has 0 radical (unpaired) electrons. The van der Waals surface area contributed by atoms with Crippen LogP contribution in [0, 0.1) is 11.7 Å². The maximum atomic E-state index is 13.2. The lowest BCUT2D eigenvalue weighted by Crippen LogP contribution is -2.44. The summed E-state index contributed by atoms with van der Waals surface area (Å²) >= 11 is 0. The van der Waals surface area contributed by atoms with Crippen LogP contribution in [0.1, 0.15) is 24.3 Å². The van der Waals surface area contributed by atoms with E-state index in [1.807, 2.05) is 0 Å². The van der Waals surface area contributed by atoms with Gasteiger partial charge in [0.25, 0.3) is 5.91 Å². The number of hydrogen-bond acceptors (Lipinski definition) is 2. The Kier molecular flexibility index (Phi) is 3.97. The van der Waals surface area contributed by atoms with Crippen molar-refractivity contribution in [2.45, 2.75) is 19.9 Å². The first kappa shape index (κ1) is 15.0. The van der Waals surface area contributed by atoms with Crippen LogP contribution in [0.2, 0.25) is 0 Å². The second kappa shape index (κ2) is 5.55. The van der Waals surface area contributed by atoms with Crippen LogP contribution in [-0.2, 0) is 11.8 Å². The minimum atomic E-state index is -1.08. The molecule has 2 N–H and O–H groups in total. The molecular formula is C15H17FN2O3. The maximum Gasteiger partial charge on any atom is 0.326 e. The van der Waals surface area contributed by atoms with E-state index in [1.165, 1.54) is 12.1 Å². The summed E-state index contributed by atoms with van der Waals surface area (Å²) in [5, 5.41) is 12.2. The highest BCUT2D eigenvalue weighted by atomic mass is 19.1. The fraction of sp³-hybridized carbons (Fsp3) is 0.333. The Morgan fingerprint density at radius 1 is 1.29 bits per heavy atom. The number of hydrogen-bond donors (Lipinski definition) is 2. The Labute approximate surface area is 121 Å². The van der Waals surface area contributed by atoms with Crippen molar-refractivity contribution in [3.8, 4) is 0 Å². The van der Waals surface area contributed by atoms with Gasteiger partial charge in [-0.05, 0) is 30.2 Å². The topological polar surface area (TPSA) is 71.3 Å². The number of carbonyl (C=O) groups is 2. The molecule has 5 nitrogen and oxygen atoms in total. The van der Waals surface area contributed by atoms with Gasteiger partial charge in [0.15, 0.2) is 0 Å². The van der Waals surface area contributed by atoms with E-state index in [9.17, 15) is 14.0 Å². The predicted octanol–water partition coefficient (Wildman–Crippen LogP) is 2.16. The zero-order valence-corrected chi connectivity index (χ0v) is 12.1. The molecule has 0 saturated heterocycles. The highest BCUT2D eigenvalue weighted by molar-refractivity contribution is 6.00. The molecule has 2 rings (SSSR count). The number of fused-ring (bicyclic) bond motifs is 1. The van der Waals surface area contributed by atoms with Crippen LogP contribution in [-0.4, -0.2) is 27.6 Å². The van der Waals surface area contributed by atoms with E-state index in [0.29, 0.717) is 16.6 Å². The lowest BCUT2D eigenvalue weighted by molar-refractivity contribution is -0.140. The second-order valence-electron chi connectivity index (χ2n) is 5.33. The molecule has 1 atom stereocenters. The number of amides is 1. The number of aromatic nitrogens is 1. The predicted molar refractivity (Wildman–Crippen MR) is 76.6 cm³/mol. The first-order valence-corrected chi connectivity index (χ1v) is 6.60. The van der Waals surface area contributed by atoms with Gasteiger partial charge in [-0.15, -0.1) is 0 Å². The van der Waals surface area contributed by atoms with Crippen LogP contribution in [0.5, 0.6) is 0 Å². The van der Waals surface area contributed by atoms with Gasteiger partial charge in [0.2, 0.25) is 0 Å². The Bertz CT molecular complexity index is 706. The number of rotatable bonds is 4. The number of halogens is 1. The highest BCUT2D eigenvalue weighted by Crippen LogP contribution is 2.20. The van der Waals surface area contributed by atoms with E-state index in [0.717, 1.165) is 0 Å². The van der Waals surface area contributed by atoms with Crippen molar-refractivity contribution in [3.05, 3.63) is 35.8 Å². The number of carbonyl (C=O) groups excluding carboxylic acids is 1. The normalized spacial score (nSPS) is 12.6. The molecule has 1 aromatic heterocycles. The van der Waals surface area contributed by atoms with Gasteiger partial charge in [-0.3, -0.25) is 4.79 Å². The van der Waals surface area contributed by atoms with E-state index in [2.05, 4.69) is 5.32 Å². The van der Waals surface area contributed by atoms with E-state index in [-0.39, 0.29) is 11.7 Å². The monoisotopic (exact) mass is 292 g/mol. The molecule has 0 aliphatic carbocycles. The molecule has 112 valence electrons. The molecule has 1 amide bonds. The van der Waals surface area contributed by atoms with Crippen LogP contribution in [0.25, 0.3) is 10.9 Å². The van der Waals surface area contributed by atoms with Gasteiger partial charge in [-0.2, -0.15) is 0 Å². The van der Waals surface area contributed by atoms with Crippen molar-refractivity contribution >= 4 is 22.8 Å². The van der Waals surface area contributed by atoms with E-state index in [4.69, 9.17) is 5.11 Å². The molecule has 1 aromatic carbocycles. The fourth-order valence-corrected chi connectivity index (χ4v) is 2.27. The smallest absolute Gasteiger partial charge is 0.326 e. The molecule has 1 heterocycles. The van der Waals surface area contributed by atoms with Gasteiger partial charge >= 0.3 is 5.97 Å². The number of nitrogens with one attached hydrogen (secondary N) is 1. The van der Waals surface area contributed by atoms with Gasteiger partial charge in [0, 0.05) is 18.0 Å². The number of nitrogens with zero attached hydrogens (tertiary/aromatic N) is 1. The summed E-state index contributed by atoms with van der Waals surface area (Å²) in [6.45, 7) is 3.44. The second-order valence-corrected chi connectivity index (χ2v) is 5.33. The molecule has 0 saturated carbocycles. The average Bonchev–Trinajstić information content (AvgIpc) is 2.71. The number of benzene rings is 1. The van der Waals surface area contributed by atoms with E-state index in [1.54, 1.807) is 37.6 Å². The van der Waals surface area contributed by atoms with Crippen molar-refractivity contribution in [2.24, 2.45) is 13.0 Å². The molecule has 6 heteroatoms. The Morgan fingerprint density at radius 3 is 2.52 bits per heavy atom. The Balaban J connectivity index is 2.35. The van der Waals surface area contributed by atoms with Gasteiger partial charge in [0.1, 0.15) is 17.6 Å². The maximum absolute atomic E-state index is 13.2. The van der Waals surface area contributed by atoms with Crippen LogP contribution < -0.4 is 5.32 Å². The minimum Gasteiger partial charge on any atom is -0.480 e. The van der Waals surface area contributed by atoms with Crippen molar-refractivity contribution in [1.29, 1.82) is 0 Å². The van der Waals surface area contributed by atoms with E-state index >= 15 is 0 Å². The van der Waals surface area contributed by atoms with Crippen LogP contribution >= 0.6 is 0 Å². The third-order valence-corrected chi connectivity index (χ3v) is 3.46.